The lowest BCUT2D eigenvalue weighted by Gasteiger charge is -2.48. The maximum absolute atomic E-state index is 13.5. The van der Waals surface area contributed by atoms with Crippen LogP contribution in [-0.4, -0.2) is 35.7 Å². The Labute approximate surface area is 189 Å². The topological polar surface area (TPSA) is 24.5 Å². The Bertz CT molecular complexity index is 853. The summed E-state index contributed by atoms with van der Waals surface area (Å²) in [5.74, 6) is 0.459. The number of halogens is 3. The number of benzene rings is 1. The van der Waals surface area contributed by atoms with Crippen LogP contribution in [0.3, 0.4) is 0 Å². The van der Waals surface area contributed by atoms with E-state index in [-0.39, 0.29) is 24.2 Å². The number of fused-ring (bicyclic) bond motifs is 3. The fraction of sp³-hybridized carbons (Fsp3) is 0.615. The van der Waals surface area contributed by atoms with Crippen molar-refractivity contribution in [3.8, 4) is 0 Å². The van der Waals surface area contributed by atoms with E-state index in [9.17, 15) is 13.2 Å². The zero-order chi connectivity index (χ0) is 23.0. The highest BCUT2D eigenvalue weighted by Gasteiger charge is 2.45. The summed E-state index contributed by atoms with van der Waals surface area (Å²) in [5, 5.41) is 3.59. The third-order valence-corrected chi connectivity index (χ3v) is 7.23. The monoisotopic (exact) mass is 448 g/mol. The normalized spacial score (nSPS) is 29.9. The molecule has 2 heterocycles. The Kier molecular flexibility index (Phi) is 6.73. The molecule has 0 spiro atoms. The summed E-state index contributed by atoms with van der Waals surface area (Å²) in [4.78, 5) is 2.41. The third-order valence-electron chi connectivity index (χ3n) is 7.23. The van der Waals surface area contributed by atoms with Crippen LogP contribution in [-0.2, 0) is 10.9 Å². The number of nitrogens with one attached hydrogen (secondary N) is 1. The molecule has 1 aliphatic carbocycles. The van der Waals surface area contributed by atoms with Crippen LogP contribution in [0.15, 0.2) is 42.5 Å². The van der Waals surface area contributed by atoms with E-state index in [1.54, 1.807) is 6.07 Å². The molecule has 3 aliphatic rings. The number of rotatable bonds is 5. The number of hydrogen-bond acceptors (Lipinski definition) is 3. The van der Waals surface area contributed by atoms with Gasteiger partial charge >= 0.3 is 6.18 Å². The molecule has 1 aromatic rings. The summed E-state index contributed by atoms with van der Waals surface area (Å²) >= 11 is 0. The average molecular weight is 449 g/mol. The molecule has 1 saturated heterocycles. The minimum Gasteiger partial charge on any atom is -0.381 e. The van der Waals surface area contributed by atoms with Crippen LogP contribution in [0.4, 0.5) is 18.9 Å². The Hall–Kier alpha value is -1.79. The summed E-state index contributed by atoms with van der Waals surface area (Å²) in [7, 11) is 0. The SMILES string of the molecule is CC(C)N(C[C@H]1CC[C@@H]2[C@H](O1)c1cc(C(F)(F)F)ccc1N[C@H]2C1C=CC=CC1)C(C)C. The molecule has 0 amide bonds. The summed E-state index contributed by atoms with van der Waals surface area (Å²) in [6.07, 6.45) is 6.65. The molecule has 0 bridgehead atoms. The van der Waals surface area contributed by atoms with Crippen LogP contribution < -0.4 is 5.32 Å². The first-order chi connectivity index (χ1) is 15.1. The Morgan fingerprint density at radius 3 is 2.47 bits per heavy atom. The number of ether oxygens (including phenoxy) is 1. The van der Waals surface area contributed by atoms with E-state index in [4.69, 9.17) is 4.74 Å². The first-order valence-corrected chi connectivity index (χ1v) is 11.9. The fourth-order valence-electron chi connectivity index (χ4n) is 5.65. The molecule has 4 rings (SSSR count). The van der Waals surface area contributed by atoms with Crippen LogP contribution in [0.2, 0.25) is 0 Å². The van der Waals surface area contributed by atoms with Crippen molar-refractivity contribution in [1.29, 1.82) is 0 Å². The van der Waals surface area contributed by atoms with Crippen LogP contribution in [0.1, 0.15) is 64.2 Å². The molecule has 6 heteroatoms. The molecular weight excluding hydrogens is 413 g/mol. The summed E-state index contributed by atoms with van der Waals surface area (Å²) in [5.41, 5.74) is 0.826. The van der Waals surface area contributed by atoms with Gasteiger partial charge in [-0.2, -0.15) is 13.2 Å². The highest BCUT2D eigenvalue weighted by Crippen LogP contribution is 2.49. The van der Waals surface area contributed by atoms with Crippen molar-refractivity contribution >= 4 is 5.69 Å². The molecule has 1 aromatic carbocycles. The minimum atomic E-state index is -4.36. The average Bonchev–Trinajstić information content (AvgIpc) is 2.76. The van der Waals surface area contributed by atoms with E-state index >= 15 is 0 Å². The first-order valence-electron chi connectivity index (χ1n) is 11.9. The van der Waals surface area contributed by atoms with E-state index < -0.39 is 11.7 Å². The van der Waals surface area contributed by atoms with E-state index in [0.717, 1.165) is 31.5 Å². The molecule has 0 radical (unpaired) electrons. The Morgan fingerprint density at radius 1 is 1.09 bits per heavy atom. The number of anilines is 1. The van der Waals surface area contributed by atoms with Crippen LogP contribution in [0.25, 0.3) is 0 Å². The van der Waals surface area contributed by atoms with Crippen LogP contribution >= 0.6 is 0 Å². The highest BCUT2D eigenvalue weighted by atomic mass is 19.4. The molecule has 0 saturated carbocycles. The lowest BCUT2D eigenvalue weighted by atomic mass is 9.73. The maximum atomic E-state index is 13.5. The summed E-state index contributed by atoms with van der Waals surface area (Å²) in [6.45, 7) is 9.52. The molecule has 32 heavy (non-hydrogen) atoms. The van der Waals surface area contributed by atoms with Gasteiger partial charge in [-0.25, -0.2) is 0 Å². The minimum absolute atomic E-state index is 0.0176. The second-order valence-corrected chi connectivity index (χ2v) is 9.99. The number of alkyl halides is 3. The van der Waals surface area contributed by atoms with Crippen molar-refractivity contribution in [3.63, 3.8) is 0 Å². The number of hydrogen-bond donors (Lipinski definition) is 1. The van der Waals surface area contributed by atoms with Gasteiger partial charge in [-0.1, -0.05) is 24.3 Å². The lowest BCUT2D eigenvalue weighted by molar-refractivity contribution is -0.138. The predicted octanol–water partition coefficient (Wildman–Crippen LogP) is 6.59. The van der Waals surface area contributed by atoms with Gasteiger partial charge in [-0.15, -0.1) is 0 Å². The summed E-state index contributed by atoms with van der Waals surface area (Å²) < 4.78 is 47.1. The van der Waals surface area contributed by atoms with E-state index in [1.807, 2.05) is 0 Å². The third kappa shape index (κ3) is 4.76. The van der Waals surface area contributed by atoms with E-state index in [1.165, 1.54) is 12.1 Å². The van der Waals surface area contributed by atoms with E-state index in [2.05, 4.69) is 62.2 Å². The molecule has 1 fully saturated rings. The molecule has 176 valence electrons. The number of allylic oxidation sites excluding steroid dienone is 3. The first kappa shape index (κ1) is 23.4. The smallest absolute Gasteiger partial charge is 0.381 e. The molecule has 5 atom stereocenters. The molecular formula is C26H35F3N2O. The van der Waals surface area contributed by atoms with Gasteiger partial charge in [0.05, 0.1) is 17.8 Å². The molecule has 3 nitrogen and oxygen atoms in total. The predicted molar refractivity (Wildman–Crippen MR) is 123 cm³/mol. The second kappa shape index (κ2) is 9.22. The van der Waals surface area contributed by atoms with Gasteiger partial charge in [0.2, 0.25) is 0 Å². The van der Waals surface area contributed by atoms with Gasteiger partial charge in [0.1, 0.15) is 0 Å². The zero-order valence-corrected chi connectivity index (χ0v) is 19.4. The van der Waals surface area contributed by atoms with Gasteiger partial charge in [-0.3, -0.25) is 4.90 Å². The highest BCUT2D eigenvalue weighted by molar-refractivity contribution is 5.58. The van der Waals surface area contributed by atoms with Crippen molar-refractivity contribution in [2.75, 3.05) is 11.9 Å². The van der Waals surface area contributed by atoms with Gasteiger partial charge in [-0.05, 0) is 65.2 Å². The van der Waals surface area contributed by atoms with Crippen molar-refractivity contribution in [1.82, 2.24) is 4.90 Å². The largest absolute Gasteiger partial charge is 0.416 e. The quantitative estimate of drug-likeness (QED) is 0.550. The molecule has 1 N–H and O–H groups in total. The zero-order valence-electron chi connectivity index (χ0n) is 19.4. The fourth-order valence-corrected chi connectivity index (χ4v) is 5.65. The van der Waals surface area contributed by atoms with Crippen molar-refractivity contribution < 1.29 is 17.9 Å². The Balaban J connectivity index is 1.65. The summed E-state index contributed by atoms with van der Waals surface area (Å²) in [6, 6.07) is 5.00. The Morgan fingerprint density at radius 2 is 1.84 bits per heavy atom. The van der Waals surface area contributed by atoms with Gasteiger partial charge in [0.15, 0.2) is 0 Å². The molecule has 1 unspecified atom stereocenters. The van der Waals surface area contributed by atoms with Crippen molar-refractivity contribution in [2.24, 2.45) is 11.8 Å². The lowest BCUT2D eigenvalue weighted by Crippen LogP contribution is -2.50. The van der Waals surface area contributed by atoms with Gasteiger partial charge in [0.25, 0.3) is 0 Å². The van der Waals surface area contributed by atoms with Crippen molar-refractivity contribution in [2.45, 2.75) is 83.5 Å². The standard InChI is InChI=1S/C26H35F3N2O/c1-16(2)31(17(3)4)15-20-11-12-21-24(18-8-6-5-7-9-18)30-23-13-10-19(26(27,28)29)14-22(23)25(21)32-20/h5-8,10,13-14,16-18,20-21,24-25,30H,9,11-12,15H2,1-4H3/t18?,20-,21+,24+,25+/m1/s1. The van der Waals surface area contributed by atoms with Gasteiger partial charge in [0, 0.05) is 47.8 Å². The van der Waals surface area contributed by atoms with Crippen LogP contribution in [0.5, 0.6) is 0 Å². The molecule has 2 aliphatic heterocycles. The van der Waals surface area contributed by atoms with Crippen LogP contribution in [0, 0.1) is 11.8 Å². The maximum Gasteiger partial charge on any atom is 0.416 e. The van der Waals surface area contributed by atoms with Crippen molar-refractivity contribution in [3.05, 3.63) is 53.6 Å². The second-order valence-electron chi connectivity index (χ2n) is 9.99. The van der Waals surface area contributed by atoms with E-state index in [0.29, 0.717) is 23.6 Å². The van der Waals surface area contributed by atoms with Gasteiger partial charge < -0.3 is 10.1 Å². The number of nitrogens with zero attached hydrogens (tertiary/aromatic N) is 1. The molecule has 0 aromatic heterocycles.